The first-order valence-corrected chi connectivity index (χ1v) is 4.45. The van der Waals surface area contributed by atoms with Gasteiger partial charge in [0.2, 0.25) is 0 Å². The lowest BCUT2D eigenvalue weighted by Crippen LogP contribution is -2.34. The summed E-state index contributed by atoms with van der Waals surface area (Å²) in [6.45, 7) is 4.15. The molecule has 3 heteroatoms. The van der Waals surface area contributed by atoms with Gasteiger partial charge in [0.1, 0.15) is 5.78 Å². The molecular formula is C8H16BNO. The van der Waals surface area contributed by atoms with Crippen molar-refractivity contribution in [2.24, 2.45) is 5.92 Å². The normalized spacial score (nSPS) is 21.9. The van der Waals surface area contributed by atoms with E-state index in [2.05, 4.69) is 12.8 Å². The van der Waals surface area contributed by atoms with Crippen LogP contribution in [0.4, 0.5) is 0 Å². The fourth-order valence-electron chi connectivity index (χ4n) is 1.62. The summed E-state index contributed by atoms with van der Waals surface area (Å²) in [5, 5.41) is 0. The topological polar surface area (TPSA) is 20.3 Å². The lowest BCUT2D eigenvalue weighted by Gasteiger charge is -2.28. The second-order valence-corrected chi connectivity index (χ2v) is 3.40. The SMILES string of the molecule is BN1CCC(C(=O)CC)CC1. The third-order valence-electron chi connectivity index (χ3n) is 2.52. The zero-order chi connectivity index (χ0) is 8.27. The Kier molecular flexibility index (Phi) is 3.12. The van der Waals surface area contributed by atoms with Crippen molar-refractivity contribution in [3.05, 3.63) is 0 Å². The van der Waals surface area contributed by atoms with E-state index in [4.69, 9.17) is 0 Å². The molecule has 0 radical (unpaired) electrons. The minimum atomic E-state index is 0.371. The molecule has 62 valence electrons. The summed E-state index contributed by atoms with van der Waals surface area (Å²) in [4.78, 5) is 13.5. The number of hydrogen-bond donors (Lipinski definition) is 0. The summed E-state index contributed by atoms with van der Waals surface area (Å²) in [6, 6.07) is 0. The van der Waals surface area contributed by atoms with Crippen LogP contribution in [0.5, 0.6) is 0 Å². The van der Waals surface area contributed by atoms with Gasteiger partial charge in [0.15, 0.2) is 7.98 Å². The summed E-state index contributed by atoms with van der Waals surface area (Å²) in [6.07, 6.45) is 2.86. The first kappa shape index (κ1) is 8.79. The molecule has 1 aliphatic rings. The van der Waals surface area contributed by atoms with Gasteiger partial charge < -0.3 is 4.81 Å². The van der Waals surface area contributed by atoms with Gasteiger partial charge >= 0.3 is 0 Å². The molecule has 2 nitrogen and oxygen atoms in total. The molecule has 0 aromatic rings. The van der Waals surface area contributed by atoms with Gasteiger partial charge in [-0.15, -0.1) is 0 Å². The summed E-state index contributed by atoms with van der Waals surface area (Å²) in [5.41, 5.74) is 0. The van der Waals surface area contributed by atoms with Crippen molar-refractivity contribution in [3.63, 3.8) is 0 Å². The number of carbonyl (C=O) groups is 1. The number of piperidine rings is 1. The molecule has 0 aliphatic carbocycles. The first-order chi connectivity index (χ1) is 5.24. The Hall–Kier alpha value is -0.305. The smallest absolute Gasteiger partial charge is 0.185 e. The van der Waals surface area contributed by atoms with Crippen LogP contribution in [-0.4, -0.2) is 31.7 Å². The Labute approximate surface area is 69.4 Å². The van der Waals surface area contributed by atoms with Gasteiger partial charge in [-0.05, 0) is 25.9 Å². The molecule has 0 bridgehead atoms. The summed E-state index contributed by atoms with van der Waals surface area (Å²) < 4.78 is 0. The molecule has 0 saturated carbocycles. The average Bonchev–Trinajstić information content (AvgIpc) is 2.05. The first-order valence-electron chi connectivity index (χ1n) is 4.45. The highest BCUT2D eigenvalue weighted by atomic mass is 16.1. The van der Waals surface area contributed by atoms with Crippen molar-refractivity contribution in [1.82, 2.24) is 4.81 Å². The van der Waals surface area contributed by atoms with E-state index < -0.39 is 0 Å². The van der Waals surface area contributed by atoms with Crippen LogP contribution in [0.2, 0.25) is 0 Å². The molecule has 11 heavy (non-hydrogen) atoms. The Morgan fingerprint density at radius 1 is 1.55 bits per heavy atom. The predicted molar refractivity (Wildman–Crippen MR) is 48.1 cm³/mol. The molecular weight excluding hydrogens is 137 g/mol. The quantitative estimate of drug-likeness (QED) is 0.529. The van der Waals surface area contributed by atoms with E-state index in [1.165, 1.54) is 0 Å². The van der Waals surface area contributed by atoms with Crippen molar-refractivity contribution < 1.29 is 4.79 Å². The van der Waals surface area contributed by atoms with Crippen LogP contribution in [-0.2, 0) is 4.79 Å². The maximum absolute atomic E-state index is 11.3. The fourth-order valence-corrected chi connectivity index (χ4v) is 1.62. The van der Waals surface area contributed by atoms with Crippen LogP contribution in [0, 0.1) is 5.92 Å². The maximum atomic E-state index is 11.3. The highest BCUT2D eigenvalue weighted by molar-refractivity contribution is 6.04. The molecule has 1 heterocycles. The van der Waals surface area contributed by atoms with Crippen LogP contribution >= 0.6 is 0 Å². The average molecular weight is 153 g/mol. The van der Waals surface area contributed by atoms with Crippen molar-refractivity contribution >= 4 is 13.8 Å². The van der Waals surface area contributed by atoms with Crippen molar-refractivity contribution in [1.29, 1.82) is 0 Å². The zero-order valence-corrected chi connectivity index (χ0v) is 7.47. The number of ketones is 1. The molecule has 1 saturated heterocycles. The zero-order valence-electron chi connectivity index (χ0n) is 7.47. The third-order valence-corrected chi connectivity index (χ3v) is 2.52. The molecule has 0 N–H and O–H groups in total. The molecule has 0 aromatic carbocycles. The van der Waals surface area contributed by atoms with Crippen molar-refractivity contribution in [3.8, 4) is 0 Å². The molecule has 0 unspecified atom stereocenters. The minimum Gasteiger partial charge on any atom is -0.349 e. The predicted octanol–water partition coefficient (Wildman–Crippen LogP) is 0.226. The summed E-state index contributed by atoms with van der Waals surface area (Å²) in [7, 11) is 2.12. The van der Waals surface area contributed by atoms with Crippen LogP contribution < -0.4 is 0 Å². The van der Waals surface area contributed by atoms with Gasteiger partial charge in [-0.2, -0.15) is 0 Å². The summed E-state index contributed by atoms with van der Waals surface area (Å²) >= 11 is 0. The van der Waals surface area contributed by atoms with E-state index in [0.29, 0.717) is 18.1 Å². The van der Waals surface area contributed by atoms with Gasteiger partial charge in [-0.1, -0.05) is 6.92 Å². The molecule has 0 spiro atoms. The largest absolute Gasteiger partial charge is 0.349 e. The number of nitrogens with zero attached hydrogens (tertiary/aromatic N) is 1. The van der Waals surface area contributed by atoms with E-state index in [-0.39, 0.29) is 0 Å². The van der Waals surface area contributed by atoms with Crippen molar-refractivity contribution in [2.75, 3.05) is 13.1 Å². The second kappa shape index (κ2) is 3.91. The van der Waals surface area contributed by atoms with Crippen LogP contribution in [0.1, 0.15) is 26.2 Å². The highest BCUT2D eigenvalue weighted by Crippen LogP contribution is 2.17. The Morgan fingerprint density at radius 2 is 2.09 bits per heavy atom. The molecule has 0 amide bonds. The minimum absolute atomic E-state index is 0.371. The standard InChI is InChI=1S/C8H16BNO/c1-2-8(11)7-3-5-10(9)6-4-7/h7H,2-6,9H2,1H3. The fraction of sp³-hybridized carbons (Fsp3) is 0.875. The van der Waals surface area contributed by atoms with Gasteiger partial charge in [-0.25, -0.2) is 0 Å². The Balaban J connectivity index is 2.33. The van der Waals surface area contributed by atoms with E-state index in [9.17, 15) is 4.79 Å². The van der Waals surface area contributed by atoms with Crippen LogP contribution in [0.15, 0.2) is 0 Å². The number of Topliss-reactive ketones (excluding diaryl/α,β-unsaturated/α-hetero) is 1. The van der Waals surface area contributed by atoms with E-state index >= 15 is 0 Å². The Morgan fingerprint density at radius 3 is 2.55 bits per heavy atom. The van der Waals surface area contributed by atoms with Gasteiger partial charge in [0, 0.05) is 12.3 Å². The van der Waals surface area contributed by atoms with E-state index in [0.717, 1.165) is 25.9 Å². The summed E-state index contributed by atoms with van der Waals surface area (Å²) in [5.74, 6) is 0.828. The number of rotatable bonds is 2. The number of hydrogen-bond acceptors (Lipinski definition) is 2. The van der Waals surface area contributed by atoms with E-state index in [1.54, 1.807) is 0 Å². The molecule has 1 fully saturated rings. The molecule has 1 aliphatic heterocycles. The van der Waals surface area contributed by atoms with Crippen LogP contribution in [0.25, 0.3) is 0 Å². The number of carbonyl (C=O) groups excluding carboxylic acids is 1. The maximum Gasteiger partial charge on any atom is 0.185 e. The van der Waals surface area contributed by atoms with Crippen LogP contribution in [0.3, 0.4) is 0 Å². The lowest BCUT2D eigenvalue weighted by atomic mass is 9.90. The molecule has 1 rings (SSSR count). The second-order valence-electron chi connectivity index (χ2n) is 3.40. The van der Waals surface area contributed by atoms with Gasteiger partial charge in [-0.3, -0.25) is 4.79 Å². The van der Waals surface area contributed by atoms with Crippen molar-refractivity contribution in [2.45, 2.75) is 26.2 Å². The van der Waals surface area contributed by atoms with E-state index in [1.807, 2.05) is 6.92 Å². The van der Waals surface area contributed by atoms with Gasteiger partial charge in [0.25, 0.3) is 0 Å². The molecule has 0 aromatic heterocycles. The lowest BCUT2D eigenvalue weighted by molar-refractivity contribution is -0.123. The molecule has 0 atom stereocenters. The third kappa shape index (κ3) is 2.33. The highest BCUT2D eigenvalue weighted by Gasteiger charge is 2.21. The van der Waals surface area contributed by atoms with Gasteiger partial charge in [0.05, 0.1) is 0 Å². The monoisotopic (exact) mass is 153 g/mol. The Bertz CT molecular complexity index is 141.